The van der Waals surface area contributed by atoms with Gasteiger partial charge in [-0.3, -0.25) is 40.2 Å². The van der Waals surface area contributed by atoms with Gasteiger partial charge in [0.25, 0.3) is 17.5 Å². The van der Waals surface area contributed by atoms with Crippen LogP contribution in [0.2, 0.25) is 0 Å². The largest absolute Gasteiger partial charge is 0.292 e. The van der Waals surface area contributed by atoms with Crippen LogP contribution in [0.4, 0.5) is 5.69 Å². The quantitative estimate of drug-likeness (QED) is 0.297. The number of hydrogen-bond acceptors (Lipinski definition) is 7. The molecule has 1 aliphatic rings. The lowest BCUT2D eigenvalue weighted by Crippen LogP contribution is -2.43. The number of benzene rings is 2. The summed E-state index contributed by atoms with van der Waals surface area (Å²) in [6.07, 6.45) is 1.52. The lowest BCUT2D eigenvalue weighted by molar-refractivity contribution is -0.384. The Bertz CT molecular complexity index is 1070. The van der Waals surface area contributed by atoms with Crippen LogP contribution in [0.15, 0.2) is 59.5 Å². The van der Waals surface area contributed by atoms with E-state index in [2.05, 4.69) is 10.9 Å². The number of thiocarbonyl (C=S) groups is 1. The van der Waals surface area contributed by atoms with E-state index in [-0.39, 0.29) is 24.6 Å². The lowest BCUT2D eigenvalue weighted by atomic mass is 10.2. The normalized spacial score (nSPS) is 14.6. The maximum absolute atomic E-state index is 12.6. The third-order valence-electron chi connectivity index (χ3n) is 4.19. The Morgan fingerprint density at radius 2 is 1.77 bits per heavy atom. The minimum atomic E-state index is -0.503. The smallest absolute Gasteiger partial charge is 0.269 e. The Balaban J connectivity index is 1.53. The Hall–Kier alpha value is -3.57. The monoisotopic (exact) mass is 456 g/mol. The van der Waals surface area contributed by atoms with E-state index < -0.39 is 16.7 Å². The van der Waals surface area contributed by atoms with Gasteiger partial charge in [-0.05, 0) is 35.9 Å². The van der Waals surface area contributed by atoms with Gasteiger partial charge in [0.05, 0.1) is 9.83 Å². The number of amides is 3. The molecule has 1 aliphatic heterocycles. The molecule has 0 atom stereocenters. The Morgan fingerprint density at radius 1 is 1.10 bits per heavy atom. The second-order valence-corrected chi connectivity index (χ2v) is 7.98. The number of hydrazine groups is 1. The molecule has 1 fully saturated rings. The molecule has 0 unspecified atom stereocenters. The molecule has 11 heteroatoms. The molecule has 31 heavy (non-hydrogen) atoms. The fraction of sp³-hybridized carbons (Fsp3) is 0.100. The van der Waals surface area contributed by atoms with Gasteiger partial charge in [-0.2, -0.15) is 0 Å². The zero-order valence-corrected chi connectivity index (χ0v) is 17.6. The van der Waals surface area contributed by atoms with E-state index in [4.69, 9.17) is 12.2 Å². The number of nitrogens with one attached hydrogen (secondary N) is 2. The van der Waals surface area contributed by atoms with Crippen molar-refractivity contribution in [2.24, 2.45) is 0 Å². The fourth-order valence-corrected chi connectivity index (χ4v) is 3.91. The van der Waals surface area contributed by atoms with Crippen molar-refractivity contribution in [3.8, 4) is 0 Å². The third-order valence-corrected chi connectivity index (χ3v) is 5.57. The first-order chi connectivity index (χ1) is 14.8. The van der Waals surface area contributed by atoms with Gasteiger partial charge in [0.15, 0.2) is 0 Å². The summed E-state index contributed by atoms with van der Waals surface area (Å²) in [6.45, 7) is 0.0509. The maximum Gasteiger partial charge on any atom is 0.269 e. The minimum Gasteiger partial charge on any atom is -0.292 e. The molecule has 2 N–H and O–H groups in total. The predicted molar refractivity (Wildman–Crippen MR) is 120 cm³/mol. The Morgan fingerprint density at radius 3 is 2.42 bits per heavy atom. The molecule has 1 saturated heterocycles. The Labute approximate surface area is 186 Å². The van der Waals surface area contributed by atoms with Crippen LogP contribution in [0, 0.1) is 10.1 Å². The molecule has 0 bridgehead atoms. The predicted octanol–water partition coefficient (Wildman–Crippen LogP) is 2.65. The fourth-order valence-electron chi connectivity index (χ4n) is 2.60. The van der Waals surface area contributed by atoms with Crippen LogP contribution in [0.25, 0.3) is 6.08 Å². The zero-order valence-electron chi connectivity index (χ0n) is 15.9. The van der Waals surface area contributed by atoms with Crippen LogP contribution in [0.5, 0.6) is 0 Å². The van der Waals surface area contributed by atoms with E-state index in [9.17, 15) is 24.5 Å². The number of rotatable bonds is 6. The average Bonchev–Trinajstić information content (AvgIpc) is 3.03. The van der Waals surface area contributed by atoms with E-state index >= 15 is 0 Å². The summed E-state index contributed by atoms with van der Waals surface area (Å²) < 4.78 is 0.305. The molecule has 0 radical (unpaired) electrons. The standard InChI is InChI=1S/C20H16N4O5S2/c25-17(21-22-18(26)14-4-2-1-3-5-14)10-11-23-19(27)16(31-20(23)30)12-13-6-8-15(9-7-13)24(28)29/h1-9,12H,10-11H2,(H,21,25)(H,22,26)/b16-12-. The van der Waals surface area contributed by atoms with E-state index in [1.807, 2.05) is 0 Å². The van der Waals surface area contributed by atoms with Crippen molar-refractivity contribution in [1.82, 2.24) is 15.8 Å². The topological polar surface area (TPSA) is 122 Å². The van der Waals surface area contributed by atoms with E-state index in [0.717, 1.165) is 11.8 Å². The second kappa shape index (κ2) is 9.96. The van der Waals surface area contributed by atoms with Crippen LogP contribution in [-0.2, 0) is 9.59 Å². The molecule has 158 valence electrons. The highest BCUT2D eigenvalue weighted by atomic mass is 32.2. The van der Waals surface area contributed by atoms with E-state index in [1.165, 1.54) is 29.2 Å². The number of nitro groups is 1. The van der Waals surface area contributed by atoms with Crippen molar-refractivity contribution in [1.29, 1.82) is 0 Å². The molecule has 0 aromatic heterocycles. The summed E-state index contributed by atoms with van der Waals surface area (Å²) in [5, 5.41) is 10.7. The highest BCUT2D eigenvalue weighted by Crippen LogP contribution is 2.32. The number of nitro benzene ring substituents is 1. The molecule has 0 aliphatic carbocycles. The Kier molecular flexibility index (Phi) is 7.11. The summed E-state index contributed by atoms with van der Waals surface area (Å²) in [6, 6.07) is 14.2. The number of thioether (sulfide) groups is 1. The van der Waals surface area contributed by atoms with Gasteiger partial charge in [0.2, 0.25) is 5.91 Å². The summed E-state index contributed by atoms with van der Waals surface area (Å²) in [4.78, 5) is 48.4. The third kappa shape index (κ3) is 5.74. The van der Waals surface area contributed by atoms with Crippen LogP contribution < -0.4 is 10.9 Å². The first kappa shape index (κ1) is 22.1. The van der Waals surface area contributed by atoms with Crippen molar-refractivity contribution < 1.29 is 19.3 Å². The van der Waals surface area contributed by atoms with Gasteiger partial charge in [-0.1, -0.05) is 42.2 Å². The highest BCUT2D eigenvalue weighted by Gasteiger charge is 2.32. The molecule has 3 rings (SSSR count). The zero-order chi connectivity index (χ0) is 22.4. The molecule has 0 saturated carbocycles. The highest BCUT2D eigenvalue weighted by molar-refractivity contribution is 8.26. The van der Waals surface area contributed by atoms with Crippen molar-refractivity contribution in [3.63, 3.8) is 0 Å². The number of carbonyl (C=O) groups is 3. The number of hydrogen-bond donors (Lipinski definition) is 2. The van der Waals surface area contributed by atoms with Gasteiger partial charge in [0.1, 0.15) is 4.32 Å². The molecule has 1 heterocycles. The van der Waals surface area contributed by atoms with Crippen molar-refractivity contribution in [2.45, 2.75) is 6.42 Å². The maximum atomic E-state index is 12.6. The van der Waals surface area contributed by atoms with Gasteiger partial charge < -0.3 is 0 Å². The molecular formula is C20H16N4O5S2. The molecule has 3 amide bonds. The van der Waals surface area contributed by atoms with Gasteiger partial charge in [0, 0.05) is 30.7 Å². The average molecular weight is 457 g/mol. The first-order valence-corrected chi connectivity index (χ1v) is 10.2. The SMILES string of the molecule is O=C(CCN1C(=O)/C(=C/c2ccc([N+](=O)[O-])cc2)SC1=S)NNC(=O)c1ccccc1. The van der Waals surface area contributed by atoms with Crippen molar-refractivity contribution in [3.05, 3.63) is 80.7 Å². The molecule has 0 spiro atoms. The minimum absolute atomic E-state index is 0.0462. The molecule has 2 aromatic carbocycles. The van der Waals surface area contributed by atoms with Crippen LogP contribution >= 0.6 is 24.0 Å². The molecule has 2 aromatic rings. The number of non-ortho nitro benzene ring substituents is 1. The van der Waals surface area contributed by atoms with Gasteiger partial charge >= 0.3 is 0 Å². The van der Waals surface area contributed by atoms with Crippen LogP contribution in [0.3, 0.4) is 0 Å². The van der Waals surface area contributed by atoms with Crippen molar-refractivity contribution >= 4 is 57.8 Å². The van der Waals surface area contributed by atoms with Gasteiger partial charge in [-0.25, -0.2) is 0 Å². The van der Waals surface area contributed by atoms with Crippen LogP contribution in [0.1, 0.15) is 22.3 Å². The lowest BCUT2D eigenvalue weighted by Gasteiger charge is -2.14. The summed E-state index contributed by atoms with van der Waals surface area (Å²) in [7, 11) is 0. The molecule has 9 nitrogen and oxygen atoms in total. The summed E-state index contributed by atoms with van der Waals surface area (Å²) in [5.41, 5.74) is 5.59. The second-order valence-electron chi connectivity index (χ2n) is 6.30. The number of carbonyl (C=O) groups excluding carboxylic acids is 3. The van der Waals surface area contributed by atoms with Gasteiger partial charge in [-0.15, -0.1) is 0 Å². The van der Waals surface area contributed by atoms with E-state index in [1.54, 1.807) is 36.4 Å². The van der Waals surface area contributed by atoms with E-state index in [0.29, 0.717) is 20.4 Å². The van der Waals surface area contributed by atoms with Crippen molar-refractivity contribution in [2.75, 3.05) is 6.54 Å². The number of nitrogens with zero attached hydrogens (tertiary/aromatic N) is 2. The summed E-state index contributed by atoms with van der Waals surface area (Å²) >= 11 is 6.31. The van der Waals surface area contributed by atoms with Crippen LogP contribution in [-0.4, -0.2) is 38.4 Å². The molecular weight excluding hydrogens is 440 g/mol. The summed E-state index contributed by atoms with van der Waals surface area (Å²) in [5.74, 6) is -1.28. The first-order valence-electron chi connectivity index (χ1n) is 8.99.